The highest BCUT2D eigenvalue weighted by atomic mass is 32.2. The lowest BCUT2D eigenvalue weighted by Gasteiger charge is -2.29. The Kier molecular flexibility index (Phi) is 4.44. The van der Waals surface area contributed by atoms with Gasteiger partial charge in [-0.15, -0.1) is 0 Å². The van der Waals surface area contributed by atoms with E-state index in [1.807, 2.05) is 6.92 Å². The van der Waals surface area contributed by atoms with Gasteiger partial charge in [0.25, 0.3) is 0 Å². The largest absolute Gasteiger partial charge is 0.466 e. The number of rotatable bonds is 5. The van der Waals surface area contributed by atoms with Crippen molar-refractivity contribution in [1.82, 2.24) is 4.31 Å². The van der Waals surface area contributed by atoms with Gasteiger partial charge in [-0.3, -0.25) is 4.79 Å². The van der Waals surface area contributed by atoms with E-state index in [0.29, 0.717) is 19.6 Å². The Balaban J connectivity index is 1.80. The zero-order chi connectivity index (χ0) is 17.5. The van der Waals surface area contributed by atoms with Gasteiger partial charge in [0.1, 0.15) is 0 Å². The van der Waals surface area contributed by atoms with E-state index in [9.17, 15) is 13.2 Å². The molecule has 0 radical (unpaired) electrons. The number of carbonyl (C=O) groups is 1. The molecule has 0 unspecified atom stereocenters. The smallest absolute Gasteiger partial charge is 0.312 e. The molecule has 3 atom stereocenters. The summed E-state index contributed by atoms with van der Waals surface area (Å²) >= 11 is 0. The van der Waals surface area contributed by atoms with Crippen LogP contribution in [0.5, 0.6) is 0 Å². The number of benzene rings is 1. The molecule has 24 heavy (non-hydrogen) atoms. The summed E-state index contributed by atoms with van der Waals surface area (Å²) in [6.07, 6.45) is 0.503. The number of ether oxygens (including phenoxy) is 2. The summed E-state index contributed by atoms with van der Waals surface area (Å²) in [5.41, 5.74) is 0.446. The summed E-state index contributed by atoms with van der Waals surface area (Å²) in [5, 5.41) is 0. The Morgan fingerprint density at radius 2 is 2.00 bits per heavy atom. The third-order valence-corrected chi connectivity index (χ3v) is 7.06. The van der Waals surface area contributed by atoms with Crippen molar-refractivity contribution >= 4 is 16.0 Å². The minimum absolute atomic E-state index is 0.143. The number of hydrogen-bond acceptors (Lipinski definition) is 5. The van der Waals surface area contributed by atoms with Crippen LogP contribution in [0.25, 0.3) is 0 Å². The van der Waals surface area contributed by atoms with E-state index in [-0.39, 0.29) is 29.2 Å². The topological polar surface area (TPSA) is 72.9 Å². The molecule has 132 valence electrons. The predicted octanol–water partition coefficient (Wildman–Crippen LogP) is 1.58. The monoisotopic (exact) mass is 353 g/mol. The molecule has 1 aliphatic carbocycles. The molecular formula is C17H23NO5S. The zero-order valence-corrected chi connectivity index (χ0v) is 15.0. The van der Waals surface area contributed by atoms with Crippen LogP contribution in [0.15, 0.2) is 29.2 Å². The third kappa shape index (κ3) is 2.64. The summed E-state index contributed by atoms with van der Waals surface area (Å²) < 4.78 is 37.8. The number of sulfonamides is 1. The van der Waals surface area contributed by atoms with Gasteiger partial charge < -0.3 is 9.47 Å². The van der Waals surface area contributed by atoms with Crippen molar-refractivity contribution in [3.8, 4) is 0 Å². The van der Waals surface area contributed by atoms with Crippen LogP contribution >= 0.6 is 0 Å². The van der Waals surface area contributed by atoms with Crippen LogP contribution in [0.3, 0.4) is 0 Å². The number of esters is 1. The molecule has 2 fully saturated rings. The molecule has 1 aromatic carbocycles. The maximum absolute atomic E-state index is 12.8. The van der Waals surface area contributed by atoms with Crippen LogP contribution in [-0.4, -0.2) is 51.1 Å². The van der Waals surface area contributed by atoms with E-state index in [2.05, 4.69) is 0 Å². The number of nitrogens with zero attached hydrogens (tertiary/aromatic N) is 1. The first kappa shape index (κ1) is 17.4. The normalized spacial score (nSPS) is 29.8. The van der Waals surface area contributed by atoms with Crippen molar-refractivity contribution in [2.75, 3.05) is 26.8 Å². The number of aryl methyl sites for hydroxylation is 1. The van der Waals surface area contributed by atoms with E-state index < -0.39 is 15.6 Å². The molecule has 3 rings (SSSR count). The van der Waals surface area contributed by atoms with Crippen molar-refractivity contribution in [2.45, 2.75) is 30.8 Å². The molecule has 2 aliphatic rings. The second-order valence-electron chi connectivity index (χ2n) is 6.42. The number of fused-ring (bicyclic) bond motifs is 1. The Hall–Kier alpha value is -1.44. The zero-order valence-electron chi connectivity index (χ0n) is 14.2. The number of methoxy groups -OCH3 is 1. The van der Waals surface area contributed by atoms with E-state index in [1.165, 1.54) is 4.31 Å². The highest BCUT2D eigenvalue weighted by molar-refractivity contribution is 7.89. The maximum Gasteiger partial charge on any atom is 0.312 e. The average Bonchev–Trinajstić information content (AvgIpc) is 3.24. The first-order chi connectivity index (χ1) is 11.4. The molecule has 0 N–H and O–H groups in total. The molecular weight excluding hydrogens is 330 g/mol. The average molecular weight is 353 g/mol. The fourth-order valence-electron chi connectivity index (χ4n) is 3.76. The molecule has 1 saturated heterocycles. The molecule has 7 heteroatoms. The predicted molar refractivity (Wildman–Crippen MR) is 87.9 cm³/mol. The van der Waals surface area contributed by atoms with Crippen LogP contribution in [0, 0.1) is 18.8 Å². The molecule has 1 heterocycles. The van der Waals surface area contributed by atoms with Gasteiger partial charge in [0, 0.05) is 26.1 Å². The van der Waals surface area contributed by atoms with Crippen molar-refractivity contribution in [3.05, 3.63) is 29.8 Å². The lowest BCUT2D eigenvalue weighted by atomic mass is 10.1. The Bertz CT molecular complexity index is 730. The molecule has 0 spiro atoms. The van der Waals surface area contributed by atoms with Gasteiger partial charge in [-0.1, -0.05) is 17.7 Å². The summed E-state index contributed by atoms with van der Waals surface area (Å²) in [4.78, 5) is 12.4. The van der Waals surface area contributed by atoms with Gasteiger partial charge >= 0.3 is 5.97 Å². The summed E-state index contributed by atoms with van der Waals surface area (Å²) in [6.45, 7) is 4.62. The van der Waals surface area contributed by atoms with E-state index in [0.717, 1.165) is 5.56 Å². The van der Waals surface area contributed by atoms with E-state index in [4.69, 9.17) is 9.47 Å². The second-order valence-corrected chi connectivity index (χ2v) is 8.36. The summed E-state index contributed by atoms with van der Waals surface area (Å²) in [7, 11) is -1.98. The first-order valence-electron chi connectivity index (χ1n) is 8.15. The van der Waals surface area contributed by atoms with Crippen molar-refractivity contribution in [2.24, 2.45) is 11.8 Å². The standard InChI is InChI=1S/C17H23NO5S/c1-4-23-16(19)15-14-11-18(10-9-17(14,15)22-3)24(20,21)13-7-5-12(2)6-8-13/h5-8,14-15H,4,9-11H2,1-3H3/t14-,15+,17+/m0/s1. The minimum Gasteiger partial charge on any atom is -0.466 e. The molecule has 0 aromatic heterocycles. The van der Waals surface area contributed by atoms with Gasteiger partial charge in [-0.25, -0.2) is 8.42 Å². The second kappa shape index (κ2) is 6.13. The quantitative estimate of drug-likeness (QED) is 0.752. The van der Waals surface area contributed by atoms with Gasteiger partial charge in [-0.05, 0) is 32.4 Å². The highest BCUT2D eigenvalue weighted by Crippen LogP contribution is 2.58. The van der Waals surface area contributed by atoms with Crippen LogP contribution in [0.1, 0.15) is 18.9 Å². The summed E-state index contributed by atoms with van der Waals surface area (Å²) in [5.74, 6) is -0.810. The van der Waals surface area contributed by atoms with Crippen LogP contribution in [0.2, 0.25) is 0 Å². The van der Waals surface area contributed by atoms with Gasteiger partial charge in [0.15, 0.2) is 0 Å². The number of hydrogen-bond donors (Lipinski definition) is 0. The molecule has 0 bridgehead atoms. The number of carbonyl (C=O) groups excluding carboxylic acids is 1. The van der Waals surface area contributed by atoms with Crippen LogP contribution < -0.4 is 0 Å². The molecule has 6 nitrogen and oxygen atoms in total. The molecule has 1 aliphatic heterocycles. The fourth-order valence-corrected chi connectivity index (χ4v) is 5.22. The SMILES string of the molecule is CCOC(=O)[C@H]1[C@@H]2CN(S(=O)(=O)c3ccc(C)cc3)CC[C@@]21OC. The Morgan fingerprint density at radius 1 is 1.33 bits per heavy atom. The number of piperidine rings is 1. The van der Waals surface area contributed by atoms with Crippen molar-refractivity contribution in [3.63, 3.8) is 0 Å². The van der Waals surface area contributed by atoms with Crippen molar-refractivity contribution in [1.29, 1.82) is 0 Å². The minimum atomic E-state index is -3.56. The van der Waals surface area contributed by atoms with E-state index in [1.54, 1.807) is 38.3 Å². The fraction of sp³-hybridized carbons (Fsp3) is 0.588. The third-order valence-electron chi connectivity index (χ3n) is 5.18. The summed E-state index contributed by atoms with van der Waals surface area (Å²) in [6, 6.07) is 6.82. The molecule has 0 amide bonds. The van der Waals surface area contributed by atoms with Crippen LogP contribution in [-0.2, 0) is 24.3 Å². The first-order valence-corrected chi connectivity index (χ1v) is 9.59. The Labute approximate surface area is 142 Å². The maximum atomic E-state index is 12.8. The molecule has 1 aromatic rings. The van der Waals surface area contributed by atoms with Gasteiger partial charge in [-0.2, -0.15) is 4.31 Å². The molecule has 1 saturated carbocycles. The van der Waals surface area contributed by atoms with Gasteiger partial charge in [0.2, 0.25) is 10.0 Å². The van der Waals surface area contributed by atoms with E-state index >= 15 is 0 Å². The highest BCUT2D eigenvalue weighted by Gasteiger charge is 2.71. The lowest BCUT2D eigenvalue weighted by molar-refractivity contribution is -0.147. The van der Waals surface area contributed by atoms with Gasteiger partial charge in [0.05, 0.1) is 23.0 Å². The van der Waals surface area contributed by atoms with Crippen molar-refractivity contribution < 1.29 is 22.7 Å². The Morgan fingerprint density at radius 3 is 2.58 bits per heavy atom. The van der Waals surface area contributed by atoms with Crippen LogP contribution in [0.4, 0.5) is 0 Å². The lowest BCUT2D eigenvalue weighted by Crippen LogP contribution is -2.41.